The first kappa shape index (κ1) is 27.9. The standard InChI is InChI=1S/C27H29F4N7O2/c1-26(2,39)27(3,40)22-11-20-21(13-32-22)35-24(23(34-20)17-12-33-38(15-17)25(30)31)37-8-6-36(7-9-37)14-16-4-5-18(28)10-19(16)29/h4-5,10-13,15,25,39-40H,6-9,14H2,1-3H3/t27-/m1/s1. The molecule has 212 valence electrons. The van der Waals surface area contributed by atoms with E-state index in [1.807, 2.05) is 9.80 Å². The number of aromatic nitrogens is 5. The van der Waals surface area contributed by atoms with Crippen LogP contribution in [0.1, 0.15) is 38.6 Å². The van der Waals surface area contributed by atoms with Crippen LogP contribution in [0.3, 0.4) is 0 Å². The molecular formula is C27H29F4N7O2. The largest absolute Gasteiger partial charge is 0.387 e. The number of rotatable bonds is 7. The second-order valence-electron chi connectivity index (χ2n) is 10.6. The Morgan fingerprint density at radius 1 is 0.950 bits per heavy atom. The van der Waals surface area contributed by atoms with E-state index in [0.717, 1.165) is 6.07 Å². The van der Waals surface area contributed by atoms with Gasteiger partial charge < -0.3 is 15.1 Å². The topological polar surface area (TPSA) is 103 Å². The SMILES string of the molecule is CC(C)(O)[C@](C)(O)c1cc2nc(-c3cnn(C(F)F)c3)c(N3CCN(Cc4ccc(F)cc4F)CC3)nc2cn1. The Bertz CT molecular complexity index is 1530. The molecular weight excluding hydrogens is 530 g/mol. The lowest BCUT2D eigenvalue weighted by atomic mass is 9.84. The number of aliphatic hydroxyl groups is 2. The summed E-state index contributed by atoms with van der Waals surface area (Å²) in [5.74, 6) is -0.789. The summed E-state index contributed by atoms with van der Waals surface area (Å²) in [6.45, 7) is 3.88. The van der Waals surface area contributed by atoms with Crippen molar-refractivity contribution in [1.82, 2.24) is 29.6 Å². The van der Waals surface area contributed by atoms with Gasteiger partial charge in [-0.15, -0.1) is 0 Å². The zero-order valence-electron chi connectivity index (χ0n) is 22.2. The predicted octanol–water partition coefficient (Wildman–Crippen LogP) is 3.86. The zero-order chi connectivity index (χ0) is 28.8. The molecule has 0 radical (unpaired) electrons. The Balaban J connectivity index is 1.48. The van der Waals surface area contributed by atoms with E-state index >= 15 is 0 Å². The van der Waals surface area contributed by atoms with E-state index in [2.05, 4.69) is 10.1 Å². The Kier molecular flexibility index (Phi) is 7.23. The summed E-state index contributed by atoms with van der Waals surface area (Å²) in [5, 5.41) is 25.1. The van der Waals surface area contributed by atoms with Crippen molar-refractivity contribution in [2.75, 3.05) is 31.1 Å². The maximum atomic E-state index is 14.2. The van der Waals surface area contributed by atoms with Crippen LogP contribution in [0.5, 0.6) is 0 Å². The van der Waals surface area contributed by atoms with Crippen LogP contribution in [0.15, 0.2) is 42.9 Å². The van der Waals surface area contributed by atoms with Crippen LogP contribution in [0, 0.1) is 11.6 Å². The first-order valence-corrected chi connectivity index (χ1v) is 12.7. The van der Waals surface area contributed by atoms with Crippen LogP contribution in [0.4, 0.5) is 23.4 Å². The Morgan fingerprint density at radius 2 is 1.68 bits per heavy atom. The summed E-state index contributed by atoms with van der Waals surface area (Å²) in [5.41, 5.74) is -1.25. The molecule has 3 aromatic heterocycles. The van der Waals surface area contributed by atoms with Gasteiger partial charge in [-0.25, -0.2) is 23.4 Å². The van der Waals surface area contributed by atoms with Gasteiger partial charge in [-0.2, -0.15) is 13.9 Å². The van der Waals surface area contributed by atoms with Crippen molar-refractivity contribution < 1.29 is 27.8 Å². The molecule has 4 aromatic rings. The third-order valence-corrected chi connectivity index (χ3v) is 7.38. The lowest BCUT2D eigenvalue weighted by Crippen LogP contribution is -2.46. The van der Waals surface area contributed by atoms with E-state index in [1.54, 1.807) is 0 Å². The van der Waals surface area contributed by atoms with Gasteiger partial charge in [-0.05, 0) is 32.9 Å². The molecule has 1 atom stereocenters. The van der Waals surface area contributed by atoms with Gasteiger partial charge in [0.15, 0.2) is 5.82 Å². The predicted molar refractivity (Wildman–Crippen MR) is 140 cm³/mol. The van der Waals surface area contributed by atoms with Crippen LogP contribution >= 0.6 is 0 Å². The molecule has 0 unspecified atom stereocenters. The molecule has 40 heavy (non-hydrogen) atoms. The van der Waals surface area contributed by atoms with E-state index in [4.69, 9.17) is 9.97 Å². The van der Waals surface area contributed by atoms with Crippen LogP contribution in [0.25, 0.3) is 22.3 Å². The molecule has 1 aromatic carbocycles. The fraction of sp³-hybridized carbons (Fsp3) is 0.407. The molecule has 9 nitrogen and oxygen atoms in total. The molecule has 0 spiro atoms. The maximum Gasteiger partial charge on any atom is 0.333 e. The summed E-state index contributed by atoms with van der Waals surface area (Å²) in [7, 11) is 0. The van der Waals surface area contributed by atoms with Gasteiger partial charge in [-0.1, -0.05) is 6.07 Å². The van der Waals surface area contributed by atoms with Crippen molar-refractivity contribution in [2.24, 2.45) is 0 Å². The molecule has 1 fully saturated rings. The van der Waals surface area contributed by atoms with Crippen molar-refractivity contribution in [1.29, 1.82) is 0 Å². The van der Waals surface area contributed by atoms with Gasteiger partial charge in [0.2, 0.25) is 0 Å². The molecule has 13 heteroatoms. The molecule has 1 aliphatic heterocycles. The van der Waals surface area contributed by atoms with Crippen molar-refractivity contribution in [3.63, 3.8) is 0 Å². The normalized spacial score (nSPS) is 16.6. The third-order valence-electron chi connectivity index (χ3n) is 7.38. The van der Waals surface area contributed by atoms with Gasteiger partial charge in [0.1, 0.15) is 28.4 Å². The second kappa shape index (κ2) is 10.4. The monoisotopic (exact) mass is 559 g/mol. The lowest BCUT2D eigenvalue weighted by Gasteiger charge is -2.36. The highest BCUT2D eigenvalue weighted by molar-refractivity contribution is 5.83. The van der Waals surface area contributed by atoms with E-state index < -0.39 is 29.4 Å². The number of anilines is 1. The first-order chi connectivity index (χ1) is 18.8. The highest BCUT2D eigenvalue weighted by atomic mass is 19.3. The summed E-state index contributed by atoms with van der Waals surface area (Å²) < 4.78 is 54.6. The van der Waals surface area contributed by atoms with E-state index in [0.29, 0.717) is 71.1 Å². The number of piperazine rings is 1. The molecule has 0 amide bonds. The fourth-order valence-corrected chi connectivity index (χ4v) is 4.52. The molecule has 0 aliphatic carbocycles. The van der Waals surface area contributed by atoms with Gasteiger partial charge in [-0.3, -0.25) is 9.88 Å². The van der Waals surface area contributed by atoms with Gasteiger partial charge >= 0.3 is 6.55 Å². The number of hydrogen-bond acceptors (Lipinski definition) is 8. The minimum absolute atomic E-state index is 0.172. The molecule has 1 aliphatic rings. The molecule has 1 saturated heterocycles. The number of alkyl halides is 2. The molecule has 0 saturated carbocycles. The van der Waals surface area contributed by atoms with Crippen molar-refractivity contribution in [3.8, 4) is 11.3 Å². The maximum absolute atomic E-state index is 14.2. The van der Waals surface area contributed by atoms with E-state index in [1.165, 1.54) is 57.6 Å². The molecule has 2 N–H and O–H groups in total. The minimum atomic E-state index is -2.83. The number of pyridine rings is 1. The number of halogens is 4. The van der Waals surface area contributed by atoms with Gasteiger partial charge in [0.25, 0.3) is 0 Å². The zero-order valence-corrected chi connectivity index (χ0v) is 22.2. The molecule has 5 rings (SSSR count). The summed E-state index contributed by atoms with van der Waals surface area (Å²) in [4.78, 5) is 17.8. The Labute approximate surface area is 227 Å². The molecule has 0 bridgehead atoms. The summed E-state index contributed by atoms with van der Waals surface area (Å²) >= 11 is 0. The minimum Gasteiger partial charge on any atom is -0.387 e. The molecule has 4 heterocycles. The van der Waals surface area contributed by atoms with E-state index in [-0.39, 0.29) is 5.69 Å². The quantitative estimate of drug-likeness (QED) is 0.329. The summed E-state index contributed by atoms with van der Waals surface area (Å²) in [6.07, 6.45) is 3.92. The van der Waals surface area contributed by atoms with Crippen molar-refractivity contribution in [3.05, 3.63) is 65.7 Å². The summed E-state index contributed by atoms with van der Waals surface area (Å²) in [6, 6.07) is 5.04. The average Bonchev–Trinajstić information content (AvgIpc) is 3.40. The second-order valence-corrected chi connectivity index (χ2v) is 10.6. The average molecular weight is 560 g/mol. The number of fused-ring (bicyclic) bond motifs is 1. The van der Waals surface area contributed by atoms with Crippen molar-refractivity contribution >= 4 is 16.9 Å². The Morgan fingerprint density at radius 3 is 2.30 bits per heavy atom. The number of benzene rings is 1. The first-order valence-electron chi connectivity index (χ1n) is 12.7. The third kappa shape index (κ3) is 5.36. The van der Waals surface area contributed by atoms with Crippen LogP contribution in [-0.2, 0) is 12.1 Å². The van der Waals surface area contributed by atoms with E-state index in [9.17, 15) is 27.8 Å². The van der Waals surface area contributed by atoms with Crippen molar-refractivity contribution in [2.45, 2.75) is 45.1 Å². The highest BCUT2D eigenvalue weighted by Crippen LogP contribution is 2.35. The smallest absolute Gasteiger partial charge is 0.333 e. The van der Waals surface area contributed by atoms with Gasteiger partial charge in [0, 0.05) is 56.1 Å². The van der Waals surface area contributed by atoms with Crippen LogP contribution in [0.2, 0.25) is 0 Å². The lowest BCUT2D eigenvalue weighted by molar-refractivity contribution is -0.127. The van der Waals surface area contributed by atoms with Crippen LogP contribution in [-0.4, -0.2) is 71.6 Å². The number of hydrogen-bond donors (Lipinski definition) is 2. The number of nitrogens with zero attached hydrogens (tertiary/aromatic N) is 7. The Hall–Kier alpha value is -3.68. The van der Waals surface area contributed by atoms with Gasteiger partial charge in [0.05, 0.1) is 29.2 Å². The highest BCUT2D eigenvalue weighted by Gasteiger charge is 2.40. The fourth-order valence-electron chi connectivity index (χ4n) is 4.52. The van der Waals surface area contributed by atoms with Crippen LogP contribution < -0.4 is 4.90 Å².